The van der Waals surface area contributed by atoms with Crippen molar-refractivity contribution in [2.75, 3.05) is 0 Å². The molecule has 0 unspecified atom stereocenters. The van der Waals surface area contributed by atoms with E-state index in [-0.39, 0.29) is 5.69 Å². The van der Waals surface area contributed by atoms with Gasteiger partial charge in [0.1, 0.15) is 0 Å². The van der Waals surface area contributed by atoms with Crippen molar-refractivity contribution in [2.45, 2.75) is 13.8 Å². The molecular weight excluding hydrogens is 182 g/mol. The number of nitrogens with zero attached hydrogens (tertiary/aromatic N) is 3. The Morgan fingerprint density at radius 2 is 2.14 bits per heavy atom. The second-order valence-corrected chi connectivity index (χ2v) is 3.08. The largest absolute Gasteiger partial charge is 0.476 e. The molecule has 0 atom stereocenters. The van der Waals surface area contributed by atoms with Gasteiger partial charge in [0, 0.05) is 0 Å². The zero-order valence-electron chi connectivity index (χ0n) is 7.85. The number of hydrogen-bond donors (Lipinski definition) is 1. The van der Waals surface area contributed by atoms with Gasteiger partial charge in [0.15, 0.2) is 11.3 Å². The van der Waals surface area contributed by atoms with Gasteiger partial charge in [0.05, 0.1) is 11.4 Å². The van der Waals surface area contributed by atoms with E-state index in [4.69, 9.17) is 5.11 Å². The molecule has 0 amide bonds. The molecule has 0 saturated heterocycles. The number of aryl methyl sites for hydroxylation is 2. The van der Waals surface area contributed by atoms with E-state index in [1.54, 1.807) is 10.6 Å². The monoisotopic (exact) mass is 191 g/mol. The van der Waals surface area contributed by atoms with E-state index in [1.807, 2.05) is 13.8 Å². The van der Waals surface area contributed by atoms with Crippen LogP contribution in [-0.2, 0) is 0 Å². The van der Waals surface area contributed by atoms with Gasteiger partial charge < -0.3 is 5.11 Å². The molecule has 14 heavy (non-hydrogen) atoms. The van der Waals surface area contributed by atoms with E-state index in [0.29, 0.717) is 5.65 Å². The summed E-state index contributed by atoms with van der Waals surface area (Å²) in [5.74, 6) is -1.03. The van der Waals surface area contributed by atoms with Gasteiger partial charge in [0.25, 0.3) is 0 Å². The number of aromatic nitrogens is 3. The average molecular weight is 191 g/mol. The Morgan fingerprint density at radius 3 is 2.79 bits per heavy atom. The highest BCUT2D eigenvalue weighted by Gasteiger charge is 2.09. The highest BCUT2D eigenvalue weighted by Crippen LogP contribution is 2.09. The molecule has 72 valence electrons. The highest BCUT2D eigenvalue weighted by molar-refractivity contribution is 5.85. The van der Waals surface area contributed by atoms with E-state index in [0.717, 1.165) is 11.4 Å². The first-order chi connectivity index (χ1) is 6.59. The lowest BCUT2D eigenvalue weighted by atomic mass is 10.4. The van der Waals surface area contributed by atoms with Crippen molar-refractivity contribution in [1.82, 2.24) is 14.6 Å². The van der Waals surface area contributed by atoms with Gasteiger partial charge in [-0.15, -0.1) is 0 Å². The van der Waals surface area contributed by atoms with Crippen molar-refractivity contribution in [3.8, 4) is 0 Å². The minimum Gasteiger partial charge on any atom is -0.476 e. The molecule has 0 aliphatic heterocycles. The summed E-state index contributed by atoms with van der Waals surface area (Å²) in [7, 11) is 0. The maximum Gasteiger partial charge on any atom is 0.356 e. The van der Waals surface area contributed by atoms with Gasteiger partial charge in [-0.2, -0.15) is 5.10 Å². The quantitative estimate of drug-likeness (QED) is 0.731. The summed E-state index contributed by atoms with van der Waals surface area (Å²) in [4.78, 5) is 14.9. The lowest BCUT2D eigenvalue weighted by Crippen LogP contribution is -2.05. The molecule has 0 radical (unpaired) electrons. The van der Waals surface area contributed by atoms with Crippen LogP contribution in [0, 0.1) is 13.8 Å². The standard InChI is InChI=1S/C9H9N3O2/c1-5-6(2)12-8(10-5)4-3-7(11-12)9(13)14/h3-4H,1-2H3,(H,13,14). The number of carbonyl (C=O) groups is 1. The van der Waals surface area contributed by atoms with Gasteiger partial charge in [-0.05, 0) is 26.0 Å². The Bertz CT molecular complexity index is 516. The third-order valence-corrected chi connectivity index (χ3v) is 2.16. The lowest BCUT2D eigenvalue weighted by molar-refractivity contribution is 0.0689. The molecule has 2 aromatic rings. The first-order valence-corrected chi connectivity index (χ1v) is 4.16. The molecule has 2 rings (SSSR count). The first-order valence-electron chi connectivity index (χ1n) is 4.16. The van der Waals surface area contributed by atoms with Crippen LogP contribution in [0.15, 0.2) is 12.1 Å². The van der Waals surface area contributed by atoms with Crippen molar-refractivity contribution in [3.63, 3.8) is 0 Å². The van der Waals surface area contributed by atoms with E-state index in [1.165, 1.54) is 6.07 Å². The molecule has 0 bridgehead atoms. The van der Waals surface area contributed by atoms with Crippen LogP contribution >= 0.6 is 0 Å². The predicted molar refractivity (Wildman–Crippen MR) is 49.4 cm³/mol. The Labute approximate surface area is 80.0 Å². The molecule has 2 aromatic heterocycles. The zero-order valence-corrected chi connectivity index (χ0v) is 7.85. The van der Waals surface area contributed by atoms with Crippen molar-refractivity contribution in [1.29, 1.82) is 0 Å². The molecule has 2 heterocycles. The summed E-state index contributed by atoms with van der Waals surface area (Å²) in [5, 5.41) is 12.7. The molecule has 5 heteroatoms. The zero-order chi connectivity index (χ0) is 10.3. The lowest BCUT2D eigenvalue weighted by Gasteiger charge is -1.96. The van der Waals surface area contributed by atoms with Crippen LogP contribution in [0.2, 0.25) is 0 Å². The third-order valence-electron chi connectivity index (χ3n) is 2.16. The van der Waals surface area contributed by atoms with Crippen molar-refractivity contribution in [2.24, 2.45) is 0 Å². The van der Waals surface area contributed by atoms with Gasteiger partial charge in [-0.25, -0.2) is 14.3 Å². The number of hydrogen-bond acceptors (Lipinski definition) is 3. The van der Waals surface area contributed by atoms with Gasteiger partial charge in [0.2, 0.25) is 0 Å². The first kappa shape index (κ1) is 8.68. The fraction of sp³-hybridized carbons (Fsp3) is 0.222. The number of rotatable bonds is 1. The van der Waals surface area contributed by atoms with Crippen LogP contribution in [0.1, 0.15) is 21.9 Å². The molecule has 0 saturated carbocycles. The number of carboxylic acids is 1. The fourth-order valence-corrected chi connectivity index (χ4v) is 1.27. The normalized spacial score (nSPS) is 10.7. The summed E-state index contributed by atoms with van der Waals surface area (Å²) >= 11 is 0. The smallest absolute Gasteiger partial charge is 0.356 e. The Kier molecular flexibility index (Phi) is 1.73. The molecule has 0 fully saturated rings. The summed E-state index contributed by atoms with van der Waals surface area (Å²) < 4.78 is 1.54. The average Bonchev–Trinajstić information content (AvgIpc) is 2.43. The predicted octanol–water partition coefficient (Wildman–Crippen LogP) is 1.04. The molecule has 0 aliphatic carbocycles. The summed E-state index contributed by atoms with van der Waals surface area (Å²) in [6.45, 7) is 3.72. The number of aromatic carboxylic acids is 1. The van der Waals surface area contributed by atoms with Crippen molar-refractivity contribution in [3.05, 3.63) is 29.2 Å². The van der Waals surface area contributed by atoms with Gasteiger partial charge in [-0.3, -0.25) is 0 Å². The molecular formula is C9H9N3O2. The molecule has 0 spiro atoms. The van der Waals surface area contributed by atoms with E-state index < -0.39 is 5.97 Å². The molecule has 0 aromatic carbocycles. The number of carboxylic acid groups (broad SMARTS) is 1. The van der Waals surface area contributed by atoms with E-state index in [2.05, 4.69) is 10.1 Å². The Morgan fingerprint density at radius 1 is 1.43 bits per heavy atom. The van der Waals surface area contributed by atoms with Crippen molar-refractivity contribution >= 4 is 11.6 Å². The van der Waals surface area contributed by atoms with Crippen LogP contribution in [0.3, 0.4) is 0 Å². The minimum absolute atomic E-state index is 0.0259. The highest BCUT2D eigenvalue weighted by atomic mass is 16.4. The van der Waals surface area contributed by atoms with Gasteiger partial charge in [-0.1, -0.05) is 0 Å². The minimum atomic E-state index is -1.03. The third kappa shape index (κ3) is 1.14. The molecule has 5 nitrogen and oxygen atoms in total. The van der Waals surface area contributed by atoms with E-state index in [9.17, 15) is 4.79 Å². The topological polar surface area (TPSA) is 67.5 Å². The van der Waals surface area contributed by atoms with Crippen LogP contribution < -0.4 is 0 Å². The fourth-order valence-electron chi connectivity index (χ4n) is 1.27. The summed E-state index contributed by atoms with van der Waals surface area (Å²) in [6, 6.07) is 3.10. The maximum atomic E-state index is 10.7. The Hall–Kier alpha value is -1.91. The van der Waals surface area contributed by atoms with Crippen LogP contribution in [0.4, 0.5) is 0 Å². The summed E-state index contributed by atoms with van der Waals surface area (Å²) in [5.41, 5.74) is 2.42. The van der Waals surface area contributed by atoms with Crippen LogP contribution in [-0.4, -0.2) is 25.7 Å². The number of imidazole rings is 1. The summed E-state index contributed by atoms with van der Waals surface area (Å²) in [6.07, 6.45) is 0. The van der Waals surface area contributed by atoms with Crippen molar-refractivity contribution < 1.29 is 9.90 Å². The van der Waals surface area contributed by atoms with Gasteiger partial charge >= 0.3 is 5.97 Å². The van der Waals surface area contributed by atoms with E-state index >= 15 is 0 Å². The SMILES string of the molecule is Cc1nc2ccc(C(=O)O)nn2c1C. The van der Waals surface area contributed by atoms with Crippen LogP contribution in [0.25, 0.3) is 5.65 Å². The maximum absolute atomic E-state index is 10.7. The van der Waals surface area contributed by atoms with Crippen LogP contribution in [0.5, 0.6) is 0 Å². The molecule has 0 aliphatic rings. The second-order valence-electron chi connectivity index (χ2n) is 3.08. The number of fused-ring (bicyclic) bond motifs is 1. The second kappa shape index (κ2) is 2.80. The molecule has 1 N–H and O–H groups in total. The Balaban J connectivity index is 2.76.